The molecule has 0 unspecified atom stereocenters. The Balaban J connectivity index is 2.88. The van der Waals surface area contributed by atoms with Gasteiger partial charge in [-0.15, -0.1) is 0 Å². The van der Waals surface area contributed by atoms with Crippen molar-refractivity contribution in [1.82, 2.24) is 0 Å². The van der Waals surface area contributed by atoms with Gasteiger partial charge in [0.1, 0.15) is 5.75 Å². The first-order valence-electron chi connectivity index (χ1n) is 6.14. The summed E-state index contributed by atoms with van der Waals surface area (Å²) in [4.78, 5) is 33.5. The van der Waals surface area contributed by atoms with Crippen LogP contribution in [0.1, 0.15) is 33.6 Å². The third kappa shape index (κ3) is 5.13. The number of ether oxygens (including phenoxy) is 3. The molecule has 0 amide bonds. The van der Waals surface area contributed by atoms with E-state index in [0.717, 1.165) is 0 Å². The maximum absolute atomic E-state index is 11.5. The summed E-state index contributed by atoms with van der Waals surface area (Å²) >= 11 is 0. The summed E-state index contributed by atoms with van der Waals surface area (Å²) < 4.78 is 14.5. The number of carbonyl (C=O) groups excluding carboxylic acids is 2. The molecule has 0 heterocycles. The van der Waals surface area contributed by atoms with E-state index in [2.05, 4.69) is 9.47 Å². The van der Waals surface area contributed by atoms with E-state index in [9.17, 15) is 14.4 Å². The number of carboxylic acid groups (broad SMARTS) is 1. The van der Waals surface area contributed by atoms with Crippen LogP contribution in [-0.2, 0) is 14.3 Å². The quantitative estimate of drug-likeness (QED) is 0.601. The molecule has 1 aromatic rings. The van der Waals surface area contributed by atoms with Gasteiger partial charge < -0.3 is 19.3 Å². The van der Waals surface area contributed by atoms with Crippen molar-refractivity contribution in [2.24, 2.45) is 0 Å². The molecule has 0 fully saturated rings. The average Bonchev–Trinajstić information content (AvgIpc) is 2.49. The highest BCUT2D eigenvalue weighted by Gasteiger charge is 2.14. The fourth-order valence-electron chi connectivity index (χ4n) is 1.57. The molecule has 0 aliphatic rings. The molecule has 0 radical (unpaired) electrons. The Hall–Kier alpha value is -2.57. The molecule has 1 N–H and O–H groups in total. The van der Waals surface area contributed by atoms with E-state index in [1.54, 1.807) is 0 Å². The largest absolute Gasteiger partial charge is 0.494 e. The topological polar surface area (TPSA) is 99.1 Å². The van der Waals surface area contributed by atoms with Gasteiger partial charge in [-0.1, -0.05) is 0 Å². The van der Waals surface area contributed by atoms with Crippen molar-refractivity contribution < 1.29 is 33.7 Å². The van der Waals surface area contributed by atoms with Crippen molar-refractivity contribution in [2.45, 2.75) is 12.8 Å². The monoisotopic (exact) mass is 296 g/mol. The molecule has 1 rings (SSSR count). The molecule has 0 aliphatic carbocycles. The van der Waals surface area contributed by atoms with Gasteiger partial charge in [0, 0.05) is 6.42 Å². The molecule has 0 bridgehead atoms. The lowest BCUT2D eigenvalue weighted by atomic mass is 10.1. The van der Waals surface area contributed by atoms with E-state index < -0.39 is 17.9 Å². The smallest absolute Gasteiger partial charge is 0.338 e. The van der Waals surface area contributed by atoms with Gasteiger partial charge in [-0.05, 0) is 24.6 Å². The molecule has 0 saturated heterocycles. The highest BCUT2D eigenvalue weighted by atomic mass is 16.5. The van der Waals surface area contributed by atoms with E-state index in [1.807, 2.05) is 0 Å². The molecule has 0 atom stereocenters. The Morgan fingerprint density at radius 2 is 1.52 bits per heavy atom. The highest BCUT2D eigenvalue weighted by molar-refractivity contribution is 5.96. The number of benzene rings is 1. The molecule has 0 spiro atoms. The van der Waals surface area contributed by atoms with Crippen LogP contribution in [0.2, 0.25) is 0 Å². The normalized spacial score (nSPS) is 9.81. The lowest BCUT2D eigenvalue weighted by Gasteiger charge is -2.09. The summed E-state index contributed by atoms with van der Waals surface area (Å²) in [6.45, 7) is 0.150. The molecule has 0 aromatic heterocycles. The number of rotatable bonds is 7. The van der Waals surface area contributed by atoms with Crippen LogP contribution in [0, 0.1) is 0 Å². The van der Waals surface area contributed by atoms with Gasteiger partial charge in [0.15, 0.2) is 0 Å². The van der Waals surface area contributed by atoms with Gasteiger partial charge in [0.25, 0.3) is 0 Å². The Bertz CT molecular complexity index is 502. The summed E-state index contributed by atoms with van der Waals surface area (Å²) in [5, 5.41) is 8.53. The summed E-state index contributed by atoms with van der Waals surface area (Å²) in [6.07, 6.45) is 0.284. The van der Waals surface area contributed by atoms with Crippen LogP contribution in [0.3, 0.4) is 0 Å². The van der Waals surface area contributed by atoms with Crippen molar-refractivity contribution >= 4 is 17.9 Å². The zero-order chi connectivity index (χ0) is 15.8. The lowest BCUT2D eigenvalue weighted by Crippen LogP contribution is -2.08. The minimum Gasteiger partial charge on any atom is -0.494 e. The van der Waals surface area contributed by atoms with Crippen LogP contribution in [0.5, 0.6) is 5.75 Å². The first kappa shape index (κ1) is 16.5. The standard InChI is InChI=1S/C14H16O7/c1-19-13(17)9-6-10(14(18)20-2)8-11(7-9)21-5-3-4-12(15)16/h6-8H,3-5H2,1-2H3,(H,15,16). The van der Waals surface area contributed by atoms with E-state index in [4.69, 9.17) is 9.84 Å². The van der Waals surface area contributed by atoms with Gasteiger partial charge in [-0.2, -0.15) is 0 Å². The molecular formula is C14H16O7. The van der Waals surface area contributed by atoms with Gasteiger partial charge in [-0.25, -0.2) is 9.59 Å². The summed E-state index contributed by atoms with van der Waals surface area (Å²) in [5.41, 5.74) is 0.294. The second-order valence-electron chi connectivity index (χ2n) is 4.07. The van der Waals surface area contributed by atoms with Crippen molar-refractivity contribution in [3.05, 3.63) is 29.3 Å². The first-order chi connectivity index (χ1) is 9.97. The van der Waals surface area contributed by atoms with Gasteiger partial charge >= 0.3 is 17.9 Å². The zero-order valence-corrected chi connectivity index (χ0v) is 11.8. The van der Waals surface area contributed by atoms with Crippen molar-refractivity contribution in [2.75, 3.05) is 20.8 Å². The first-order valence-corrected chi connectivity index (χ1v) is 6.14. The SMILES string of the molecule is COC(=O)c1cc(OCCCC(=O)O)cc(C(=O)OC)c1. The number of hydrogen-bond donors (Lipinski definition) is 1. The van der Waals surface area contributed by atoms with Crippen LogP contribution in [0.15, 0.2) is 18.2 Å². The summed E-state index contributed by atoms with van der Waals surface area (Å²) in [6, 6.07) is 4.17. The second-order valence-corrected chi connectivity index (χ2v) is 4.07. The second kappa shape index (κ2) is 7.88. The van der Waals surface area contributed by atoms with Gasteiger partial charge in [-0.3, -0.25) is 4.79 Å². The van der Waals surface area contributed by atoms with Crippen LogP contribution >= 0.6 is 0 Å². The minimum atomic E-state index is -0.919. The predicted octanol–water partition coefficient (Wildman–Crippen LogP) is 1.50. The van der Waals surface area contributed by atoms with Crippen molar-refractivity contribution in [3.8, 4) is 5.75 Å². The van der Waals surface area contributed by atoms with Gasteiger partial charge in [0.2, 0.25) is 0 Å². The van der Waals surface area contributed by atoms with Crippen molar-refractivity contribution in [1.29, 1.82) is 0 Å². The Morgan fingerprint density at radius 3 is 1.95 bits per heavy atom. The molecule has 7 nitrogen and oxygen atoms in total. The maximum Gasteiger partial charge on any atom is 0.338 e. The third-order valence-electron chi connectivity index (χ3n) is 2.55. The number of hydrogen-bond acceptors (Lipinski definition) is 6. The molecule has 0 aliphatic heterocycles. The van der Waals surface area contributed by atoms with E-state index in [0.29, 0.717) is 6.42 Å². The third-order valence-corrected chi connectivity index (χ3v) is 2.55. The lowest BCUT2D eigenvalue weighted by molar-refractivity contribution is -0.137. The number of aliphatic carboxylic acids is 1. The number of carbonyl (C=O) groups is 3. The molecule has 0 saturated carbocycles. The fourth-order valence-corrected chi connectivity index (χ4v) is 1.57. The maximum atomic E-state index is 11.5. The number of esters is 2. The number of methoxy groups -OCH3 is 2. The summed E-state index contributed by atoms with van der Waals surface area (Å²) in [5.74, 6) is -1.88. The summed E-state index contributed by atoms with van der Waals surface area (Å²) in [7, 11) is 2.45. The van der Waals surface area contributed by atoms with E-state index >= 15 is 0 Å². The molecule has 1 aromatic carbocycles. The zero-order valence-electron chi connectivity index (χ0n) is 11.8. The average molecular weight is 296 g/mol. The van der Waals surface area contributed by atoms with Crippen molar-refractivity contribution in [3.63, 3.8) is 0 Å². The van der Waals surface area contributed by atoms with Crippen LogP contribution in [0.25, 0.3) is 0 Å². The van der Waals surface area contributed by atoms with Gasteiger partial charge in [0.05, 0.1) is 32.0 Å². The molecule has 114 valence electrons. The highest BCUT2D eigenvalue weighted by Crippen LogP contribution is 2.19. The molecule has 7 heteroatoms. The van der Waals surface area contributed by atoms with Crippen LogP contribution in [-0.4, -0.2) is 43.8 Å². The van der Waals surface area contributed by atoms with E-state index in [1.165, 1.54) is 32.4 Å². The van der Waals surface area contributed by atoms with E-state index in [-0.39, 0.29) is 29.9 Å². The predicted molar refractivity (Wildman–Crippen MR) is 71.5 cm³/mol. The fraction of sp³-hybridized carbons (Fsp3) is 0.357. The molecular weight excluding hydrogens is 280 g/mol. The Labute approximate surface area is 121 Å². The minimum absolute atomic E-state index is 0.0272. The number of carboxylic acids is 1. The van der Waals surface area contributed by atoms with Crippen LogP contribution in [0.4, 0.5) is 0 Å². The van der Waals surface area contributed by atoms with Crippen LogP contribution < -0.4 is 4.74 Å². The molecule has 21 heavy (non-hydrogen) atoms. The Kier molecular flexibility index (Phi) is 6.19. The Morgan fingerprint density at radius 1 is 1.00 bits per heavy atom.